The van der Waals surface area contributed by atoms with Crippen LogP contribution in [0.3, 0.4) is 0 Å². The first kappa shape index (κ1) is 31.5. The number of methoxy groups -OCH3 is 1. The Morgan fingerprint density at radius 1 is 1.14 bits per heavy atom. The normalized spacial score (nSPS) is 22.5. The average molecular weight is 517 g/mol. The molecule has 0 spiro atoms. The number of ether oxygens (including phenoxy) is 3. The molecular weight excluding hydrogens is 476 g/mol. The number of aldehydes is 1. The Labute approximate surface area is 211 Å². The Balaban J connectivity index is 2.72. The van der Waals surface area contributed by atoms with Gasteiger partial charge in [0, 0.05) is 12.5 Å². The average Bonchev–Trinajstić information content (AvgIpc) is 2.97. The van der Waals surface area contributed by atoms with Gasteiger partial charge < -0.3 is 45.0 Å². The minimum atomic E-state index is -1.85. The van der Waals surface area contributed by atoms with Crippen LogP contribution in [0, 0.1) is 10.8 Å². The number of carbonyl (C=O) groups excluding carboxylic acids is 4. The SMILES string of the molecule is CO[C@@H](C(=O)N[C@H]1CC[C@@H](OC(=O)OCC(C)(C)C)CNC1=O)[C@H](O)[C@@H](O)[C@H](O)/C=C/C(C)(C)C=O. The molecule has 0 aromatic carbocycles. The summed E-state index contributed by atoms with van der Waals surface area (Å²) in [5.74, 6) is -1.42. The fraction of sp³-hybridized carbons (Fsp3) is 0.750. The number of allylic oxidation sites excluding steroid dienone is 1. The largest absolute Gasteiger partial charge is 0.508 e. The van der Waals surface area contributed by atoms with E-state index in [-0.39, 0.29) is 31.4 Å². The Hall–Kier alpha value is -2.54. The number of carbonyl (C=O) groups is 4. The van der Waals surface area contributed by atoms with Gasteiger partial charge in [0.05, 0.1) is 13.2 Å². The van der Waals surface area contributed by atoms with Gasteiger partial charge in [0.2, 0.25) is 5.91 Å². The van der Waals surface area contributed by atoms with Crippen molar-refractivity contribution in [2.75, 3.05) is 20.3 Å². The summed E-state index contributed by atoms with van der Waals surface area (Å²) in [6.07, 6.45) is -4.89. The van der Waals surface area contributed by atoms with Gasteiger partial charge in [0.15, 0.2) is 6.10 Å². The first-order valence-corrected chi connectivity index (χ1v) is 11.7. The van der Waals surface area contributed by atoms with Gasteiger partial charge >= 0.3 is 6.16 Å². The second-order valence-electron chi connectivity index (χ2n) is 10.6. The van der Waals surface area contributed by atoms with Crippen LogP contribution in [0.1, 0.15) is 47.5 Å². The van der Waals surface area contributed by atoms with Crippen LogP contribution in [0.25, 0.3) is 0 Å². The summed E-state index contributed by atoms with van der Waals surface area (Å²) in [7, 11) is 1.12. The summed E-state index contributed by atoms with van der Waals surface area (Å²) in [5, 5.41) is 35.9. The molecule has 1 rings (SSSR count). The number of rotatable bonds is 11. The Kier molecular flexibility index (Phi) is 12.0. The van der Waals surface area contributed by atoms with Crippen molar-refractivity contribution in [2.45, 2.75) is 84.0 Å². The summed E-state index contributed by atoms with van der Waals surface area (Å²) >= 11 is 0. The fourth-order valence-corrected chi connectivity index (χ4v) is 3.14. The third-order valence-corrected chi connectivity index (χ3v) is 5.35. The van der Waals surface area contributed by atoms with Crippen molar-refractivity contribution in [3.63, 3.8) is 0 Å². The third-order valence-electron chi connectivity index (χ3n) is 5.35. The van der Waals surface area contributed by atoms with E-state index in [1.165, 1.54) is 6.08 Å². The second-order valence-corrected chi connectivity index (χ2v) is 10.6. The monoisotopic (exact) mass is 516 g/mol. The first-order chi connectivity index (χ1) is 16.6. The van der Waals surface area contributed by atoms with Gasteiger partial charge in [-0.2, -0.15) is 0 Å². The first-order valence-electron chi connectivity index (χ1n) is 11.7. The van der Waals surface area contributed by atoms with Gasteiger partial charge in [-0.05, 0) is 32.1 Å². The quantitative estimate of drug-likeness (QED) is 0.140. The van der Waals surface area contributed by atoms with E-state index in [4.69, 9.17) is 14.2 Å². The van der Waals surface area contributed by atoms with E-state index in [1.54, 1.807) is 13.8 Å². The zero-order valence-corrected chi connectivity index (χ0v) is 21.7. The Morgan fingerprint density at radius 3 is 2.33 bits per heavy atom. The van der Waals surface area contributed by atoms with Gasteiger partial charge in [0.25, 0.3) is 5.91 Å². The van der Waals surface area contributed by atoms with Crippen LogP contribution in [0.15, 0.2) is 12.2 Å². The van der Waals surface area contributed by atoms with Crippen molar-refractivity contribution in [1.29, 1.82) is 0 Å². The van der Waals surface area contributed by atoms with E-state index < -0.39 is 59.9 Å². The van der Waals surface area contributed by atoms with E-state index >= 15 is 0 Å². The molecule has 0 saturated carbocycles. The molecular formula is C24H40N2O10. The van der Waals surface area contributed by atoms with E-state index in [2.05, 4.69) is 10.6 Å². The number of aliphatic hydroxyl groups excluding tert-OH is 3. The second kappa shape index (κ2) is 13.7. The third kappa shape index (κ3) is 10.6. The molecule has 2 amide bonds. The minimum Gasteiger partial charge on any atom is -0.434 e. The van der Waals surface area contributed by atoms with E-state index in [0.717, 1.165) is 13.2 Å². The van der Waals surface area contributed by atoms with Crippen LogP contribution < -0.4 is 10.6 Å². The lowest BCUT2D eigenvalue weighted by molar-refractivity contribution is -0.150. The molecule has 1 saturated heterocycles. The molecule has 12 nitrogen and oxygen atoms in total. The zero-order valence-electron chi connectivity index (χ0n) is 21.7. The van der Waals surface area contributed by atoms with Crippen LogP contribution >= 0.6 is 0 Å². The molecule has 12 heteroatoms. The lowest BCUT2D eigenvalue weighted by Gasteiger charge is -2.28. The molecule has 1 heterocycles. The van der Waals surface area contributed by atoms with Crippen molar-refractivity contribution in [3.05, 3.63) is 12.2 Å². The molecule has 1 aliphatic heterocycles. The van der Waals surface area contributed by atoms with Crippen molar-refractivity contribution in [2.24, 2.45) is 10.8 Å². The minimum absolute atomic E-state index is 0.0283. The van der Waals surface area contributed by atoms with Crippen molar-refractivity contribution in [3.8, 4) is 0 Å². The Bertz CT molecular complexity index is 792. The number of amides is 2. The highest BCUT2D eigenvalue weighted by Crippen LogP contribution is 2.17. The maximum absolute atomic E-state index is 12.7. The molecule has 0 aromatic rings. The predicted molar refractivity (Wildman–Crippen MR) is 128 cm³/mol. The van der Waals surface area contributed by atoms with Crippen molar-refractivity contribution >= 4 is 24.3 Å². The highest BCUT2D eigenvalue weighted by Gasteiger charge is 2.37. The summed E-state index contributed by atoms with van der Waals surface area (Å²) in [4.78, 5) is 48.1. The van der Waals surface area contributed by atoms with Crippen LogP contribution in [0.5, 0.6) is 0 Å². The maximum atomic E-state index is 12.7. The van der Waals surface area contributed by atoms with E-state index in [0.29, 0.717) is 6.29 Å². The van der Waals surface area contributed by atoms with E-state index in [9.17, 15) is 34.5 Å². The molecule has 0 unspecified atom stereocenters. The highest BCUT2D eigenvalue weighted by atomic mass is 16.7. The number of nitrogens with one attached hydrogen (secondary N) is 2. The van der Waals surface area contributed by atoms with Gasteiger partial charge in [-0.1, -0.05) is 32.9 Å². The van der Waals surface area contributed by atoms with Gasteiger partial charge in [-0.15, -0.1) is 0 Å². The fourth-order valence-electron chi connectivity index (χ4n) is 3.14. The number of hydrogen-bond donors (Lipinski definition) is 5. The topological polar surface area (TPSA) is 181 Å². The molecule has 0 aromatic heterocycles. The standard InChI is InChI=1S/C24H40N2O10/c1-23(2,3)13-35-22(33)36-14-7-8-15(20(31)25-11-14)26-21(32)19(34-6)18(30)17(29)16(28)9-10-24(4,5)12-27/h9-10,12,14-19,28-30H,7-8,11,13H2,1-6H3,(H,25,31)(H,26,32)/b10-9+/t14-,15+,16-,17+,18-,19-/m1/s1. The summed E-state index contributed by atoms with van der Waals surface area (Å²) < 4.78 is 15.3. The molecule has 36 heavy (non-hydrogen) atoms. The summed E-state index contributed by atoms with van der Waals surface area (Å²) in [5.41, 5.74) is -1.14. The lowest BCUT2D eigenvalue weighted by Crippen LogP contribution is -2.55. The Morgan fingerprint density at radius 2 is 1.78 bits per heavy atom. The number of hydrogen-bond acceptors (Lipinski definition) is 10. The molecule has 1 aliphatic rings. The van der Waals surface area contributed by atoms with Crippen LogP contribution in [0.2, 0.25) is 0 Å². The molecule has 0 aliphatic carbocycles. The van der Waals surface area contributed by atoms with Gasteiger partial charge in [-0.3, -0.25) is 9.59 Å². The van der Waals surface area contributed by atoms with Gasteiger partial charge in [0.1, 0.15) is 36.7 Å². The maximum Gasteiger partial charge on any atom is 0.508 e. The molecule has 0 radical (unpaired) electrons. The van der Waals surface area contributed by atoms with Crippen LogP contribution in [0.4, 0.5) is 4.79 Å². The van der Waals surface area contributed by atoms with Crippen LogP contribution in [-0.2, 0) is 28.6 Å². The highest BCUT2D eigenvalue weighted by molar-refractivity contribution is 5.89. The molecule has 206 valence electrons. The van der Waals surface area contributed by atoms with Crippen LogP contribution in [-0.4, -0.2) is 96.4 Å². The molecule has 0 bridgehead atoms. The van der Waals surface area contributed by atoms with Crippen molar-refractivity contribution < 1.29 is 48.7 Å². The van der Waals surface area contributed by atoms with Crippen molar-refractivity contribution in [1.82, 2.24) is 10.6 Å². The molecule has 6 atom stereocenters. The smallest absolute Gasteiger partial charge is 0.434 e. The van der Waals surface area contributed by atoms with Gasteiger partial charge in [-0.25, -0.2) is 4.79 Å². The summed E-state index contributed by atoms with van der Waals surface area (Å²) in [6, 6.07) is -1.02. The zero-order chi connectivity index (χ0) is 27.7. The predicted octanol–water partition coefficient (Wildman–Crippen LogP) is -0.172. The molecule has 1 fully saturated rings. The summed E-state index contributed by atoms with van der Waals surface area (Å²) in [6.45, 7) is 9.05. The number of aliphatic hydroxyl groups is 3. The van der Waals surface area contributed by atoms with E-state index in [1.807, 2.05) is 20.8 Å². The molecule has 5 N–H and O–H groups in total. The lowest BCUT2D eigenvalue weighted by atomic mass is 9.93.